The number of benzene rings is 1. The first-order valence-electron chi connectivity index (χ1n) is 5.11. The zero-order valence-electron chi connectivity index (χ0n) is 9.31. The van der Waals surface area contributed by atoms with Crippen molar-refractivity contribution in [3.63, 3.8) is 0 Å². The molecule has 0 bridgehead atoms. The minimum absolute atomic E-state index is 0.127. The van der Waals surface area contributed by atoms with Gasteiger partial charge in [0, 0.05) is 16.5 Å². The minimum Gasteiger partial charge on any atom is -0.396 e. The maximum Gasteiger partial charge on any atom is 0.113 e. The molecule has 0 aliphatic carbocycles. The Hall–Kier alpha value is -0.940. The molecule has 1 aromatic heterocycles. The summed E-state index contributed by atoms with van der Waals surface area (Å²) in [7, 11) is 0. The molecule has 0 aliphatic heterocycles. The van der Waals surface area contributed by atoms with Crippen molar-refractivity contribution in [1.29, 1.82) is 0 Å². The summed E-state index contributed by atoms with van der Waals surface area (Å²) in [5, 5.41) is 17.4. The number of aromatic nitrogens is 3. The summed E-state index contributed by atoms with van der Waals surface area (Å²) in [5.41, 5.74) is 1.66. The summed E-state index contributed by atoms with van der Waals surface area (Å²) in [6.07, 6.45) is 0. The Morgan fingerprint density at radius 2 is 2.19 bits per heavy atom. The second-order valence-corrected chi connectivity index (χ2v) is 5.62. The van der Waals surface area contributed by atoms with Gasteiger partial charge in [-0.15, -0.1) is 5.10 Å². The first-order chi connectivity index (χ1) is 7.52. The van der Waals surface area contributed by atoms with E-state index in [0.717, 1.165) is 15.5 Å². The lowest BCUT2D eigenvalue weighted by atomic mass is 9.95. The van der Waals surface area contributed by atoms with Gasteiger partial charge in [-0.05, 0) is 18.2 Å². The lowest BCUT2D eigenvalue weighted by molar-refractivity contribution is 0.137. The van der Waals surface area contributed by atoms with E-state index in [4.69, 9.17) is 0 Å². The third-order valence-electron chi connectivity index (χ3n) is 2.48. The molecule has 1 aromatic carbocycles. The molecule has 0 saturated heterocycles. The fraction of sp³-hybridized carbons (Fsp3) is 0.455. The monoisotopic (exact) mass is 283 g/mol. The van der Waals surface area contributed by atoms with Gasteiger partial charge in [0.15, 0.2) is 0 Å². The van der Waals surface area contributed by atoms with E-state index in [1.165, 1.54) is 0 Å². The van der Waals surface area contributed by atoms with Crippen molar-refractivity contribution in [3.8, 4) is 0 Å². The molecule has 0 saturated carbocycles. The molecule has 0 radical (unpaired) electrons. The molecule has 86 valence electrons. The number of nitrogens with zero attached hydrogens (tertiary/aromatic N) is 3. The molecule has 2 rings (SSSR count). The number of rotatable bonds is 3. The quantitative estimate of drug-likeness (QED) is 0.940. The Morgan fingerprint density at radius 3 is 2.88 bits per heavy atom. The molecular weight excluding hydrogens is 270 g/mol. The predicted molar refractivity (Wildman–Crippen MR) is 66.1 cm³/mol. The number of aliphatic hydroxyl groups excluding tert-OH is 1. The van der Waals surface area contributed by atoms with E-state index in [1.807, 2.05) is 36.7 Å². The van der Waals surface area contributed by atoms with Crippen molar-refractivity contribution in [2.45, 2.75) is 20.4 Å². The van der Waals surface area contributed by atoms with E-state index >= 15 is 0 Å². The molecule has 0 spiro atoms. The van der Waals surface area contributed by atoms with Crippen LogP contribution in [0.3, 0.4) is 0 Å². The van der Waals surface area contributed by atoms with Crippen LogP contribution in [0.5, 0.6) is 0 Å². The van der Waals surface area contributed by atoms with Crippen LogP contribution in [0.25, 0.3) is 11.0 Å². The third-order valence-corrected chi connectivity index (χ3v) is 2.98. The van der Waals surface area contributed by atoms with Crippen LogP contribution < -0.4 is 0 Å². The molecule has 0 amide bonds. The Balaban J connectivity index is 2.41. The molecule has 0 atom stereocenters. The Bertz CT molecular complexity index is 507. The molecule has 1 N–H and O–H groups in total. The van der Waals surface area contributed by atoms with Crippen LogP contribution in [0.15, 0.2) is 22.7 Å². The number of aliphatic hydroxyl groups is 1. The van der Waals surface area contributed by atoms with E-state index in [1.54, 1.807) is 0 Å². The molecule has 2 aromatic rings. The zero-order valence-corrected chi connectivity index (χ0v) is 10.9. The summed E-state index contributed by atoms with van der Waals surface area (Å²) >= 11 is 3.43. The molecule has 5 heteroatoms. The molecule has 1 heterocycles. The largest absolute Gasteiger partial charge is 0.396 e. The maximum atomic E-state index is 9.25. The lowest BCUT2D eigenvalue weighted by Gasteiger charge is -2.21. The van der Waals surface area contributed by atoms with Gasteiger partial charge >= 0.3 is 0 Å². The summed E-state index contributed by atoms with van der Waals surface area (Å²) in [5.74, 6) is 0. The lowest BCUT2D eigenvalue weighted by Crippen LogP contribution is -2.24. The highest BCUT2D eigenvalue weighted by molar-refractivity contribution is 9.10. The fourth-order valence-corrected chi connectivity index (χ4v) is 1.86. The van der Waals surface area contributed by atoms with Crippen molar-refractivity contribution in [2.75, 3.05) is 6.61 Å². The number of fused-ring (bicyclic) bond motifs is 1. The van der Waals surface area contributed by atoms with Crippen LogP contribution in [0.4, 0.5) is 0 Å². The Labute approximate surface area is 102 Å². The van der Waals surface area contributed by atoms with Crippen LogP contribution in [0, 0.1) is 5.41 Å². The van der Waals surface area contributed by atoms with Crippen LogP contribution in [0.2, 0.25) is 0 Å². The van der Waals surface area contributed by atoms with Gasteiger partial charge in [-0.1, -0.05) is 35.0 Å². The van der Waals surface area contributed by atoms with Crippen LogP contribution in [0.1, 0.15) is 13.8 Å². The van der Waals surface area contributed by atoms with Crippen molar-refractivity contribution in [2.24, 2.45) is 5.41 Å². The summed E-state index contributed by atoms with van der Waals surface area (Å²) in [6, 6.07) is 5.86. The zero-order chi connectivity index (χ0) is 11.8. The van der Waals surface area contributed by atoms with Gasteiger partial charge in [0.1, 0.15) is 5.52 Å². The van der Waals surface area contributed by atoms with E-state index in [-0.39, 0.29) is 12.0 Å². The van der Waals surface area contributed by atoms with Gasteiger partial charge in [0.05, 0.1) is 12.1 Å². The summed E-state index contributed by atoms with van der Waals surface area (Å²) in [6.45, 7) is 4.77. The molecule has 16 heavy (non-hydrogen) atoms. The molecule has 0 unspecified atom stereocenters. The second kappa shape index (κ2) is 4.14. The smallest absolute Gasteiger partial charge is 0.113 e. The SMILES string of the molecule is CC(C)(CO)Cn1nnc2ccc(Br)cc21. The van der Waals surface area contributed by atoms with Crippen molar-refractivity contribution in [1.82, 2.24) is 15.0 Å². The van der Waals surface area contributed by atoms with Crippen LogP contribution in [-0.4, -0.2) is 26.7 Å². The number of halogens is 1. The summed E-state index contributed by atoms with van der Waals surface area (Å²) < 4.78 is 2.83. The molecule has 4 nitrogen and oxygen atoms in total. The van der Waals surface area contributed by atoms with Crippen LogP contribution in [-0.2, 0) is 6.54 Å². The first kappa shape index (κ1) is 11.5. The van der Waals surface area contributed by atoms with Gasteiger partial charge < -0.3 is 5.11 Å². The standard InChI is InChI=1S/C11H14BrN3O/c1-11(2,7-16)6-15-10-5-8(12)3-4-9(10)13-14-15/h3-5,16H,6-7H2,1-2H3. The van der Waals surface area contributed by atoms with Crippen molar-refractivity contribution >= 4 is 27.0 Å². The predicted octanol–water partition coefficient (Wildman–Crippen LogP) is 2.21. The second-order valence-electron chi connectivity index (χ2n) is 4.70. The van der Waals surface area contributed by atoms with Gasteiger partial charge in [-0.2, -0.15) is 0 Å². The van der Waals surface area contributed by atoms with E-state index < -0.39 is 0 Å². The first-order valence-corrected chi connectivity index (χ1v) is 5.91. The van der Waals surface area contributed by atoms with E-state index in [9.17, 15) is 5.11 Å². The third kappa shape index (κ3) is 2.25. The average Bonchev–Trinajstić information content (AvgIpc) is 2.61. The highest BCUT2D eigenvalue weighted by Crippen LogP contribution is 2.22. The molecule has 0 aliphatic rings. The highest BCUT2D eigenvalue weighted by atomic mass is 79.9. The fourth-order valence-electron chi connectivity index (χ4n) is 1.51. The highest BCUT2D eigenvalue weighted by Gasteiger charge is 2.19. The minimum atomic E-state index is -0.192. The topological polar surface area (TPSA) is 50.9 Å². The van der Waals surface area contributed by atoms with Gasteiger partial charge in [-0.25, -0.2) is 4.68 Å². The van der Waals surface area contributed by atoms with E-state index in [0.29, 0.717) is 6.54 Å². The number of hydrogen-bond acceptors (Lipinski definition) is 3. The van der Waals surface area contributed by atoms with Crippen LogP contribution >= 0.6 is 15.9 Å². The molecule has 0 fully saturated rings. The number of hydrogen-bond donors (Lipinski definition) is 1. The van der Waals surface area contributed by atoms with Gasteiger partial charge in [-0.3, -0.25) is 0 Å². The van der Waals surface area contributed by atoms with Crippen molar-refractivity contribution in [3.05, 3.63) is 22.7 Å². The Morgan fingerprint density at radius 1 is 1.44 bits per heavy atom. The summed E-state index contributed by atoms with van der Waals surface area (Å²) in [4.78, 5) is 0. The van der Waals surface area contributed by atoms with Gasteiger partial charge in [0.25, 0.3) is 0 Å². The van der Waals surface area contributed by atoms with E-state index in [2.05, 4.69) is 26.2 Å². The Kier molecular flexibility index (Phi) is 2.99. The average molecular weight is 284 g/mol. The maximum absolute atomic E-state index is 9.25. The molecular formula is C11H14BrN3O. The van der Waals surface area contributed by atoms with Gasteiger partial charge in [0.2, 0.25) is 0 Å². The van der Waals surface area contributed by atoms with Crippen molar-refractivity contribution < 1.29 is 5.11 Å². The normalized spacial score (nSPS) is 12.2.